The molecule has 0 saturated carbocycles. The van der Waals surface area contributed by atoms with Crippen LogP contribution < -0.4 is 10.1 Å². The summed E-state index contributed by atoms with van der Waals surface area (Å²) in [4.78, 5) is 20.0. The van der Waals surface area contributed by atoms with Gasteiger partial charge in [-0.1, -0.05) is 13.0 Å². The van der Waals surface area contributed by atoms with Crippen molar-refractivity contribution in [2.24, 2.45) is 0 Å². The lowest BCUT2D eigenvalue weighted by atomic mass is 10.2. The minimum absolute atomic E-state index is 0.0943. The zero-order valence-corrected chi connectivity index (χ0v) is 19.3. The standard InChI is InChI=1S/C24H23FN4O4S/c1-2-10-32-11-9-26-14-16-3-5-19(28-15-16)23-13-20-24(34-23)22(7-8-27-20)33-21-6-4-17(29(30)31)12-18(21)25/h3-8,12-13,15,26H,2,9-11,14H2,1H3. The normalized spacial score (nSPS) is 11.1. The van der Waals surface area contributed by atoms with Gasteiger partial charge in [-0.2, -0.15) is 0 Å². The Balaban J connectivity index is 1.47. The molecule has 0 unspecified atom stereocenters. The Morgan fingerprint density at radius 3 is 2.74 bits per heavy atom. The highest BCUT2D eigenvalue weighted by atomic mass is 32.1. The number of aromatic nitrogens is 2. The Bertz CT molecular complexity index is 1280. The van der Waals surface area contributed by atoms with Crippen LogP contribution in [0.3, 0.4) is 0 Å². The van der Waals surface area contributed by atoms with Gasteiger partial charge in [0, 0.05) is 44.2 Å². The number of ether oxygens (including phenoxy) is 2. The number of nitro benzene ring substituents is 1. The lowest BCUT2D eigenvalue weighted by Crippen LogP contribution is -2.19. The number of thiophene rings is 1. The van der Waals surface area contributed by atoms with Gasteiger partial charge in [0.2, 0.25) is 0 Å². The summed E-state index contributed by atoms with van der Waals surface area (Å²) >= 11 is 1.43. The smallest absolute Gasteiger partial charge is 0.272 e. The van der Waals surface area contributed by atoms with Crippen molar-refractivity contribution in [1.29, 1.82) is 0 Å². The number of non-ortho nitro benzene ring substituents is 1. The number of nitro groups is 1. The Morgan fingerprint density at radius 1 is 1.12 bits per heavy atom. The van der Waals surface area contributed by atoms with Gasteiger partial charge in [-0.15, -0.1) is 11.3 Å². The van der Waals surface area contributed by atoms with Crippen LogP contribution in [0.25, 0.3) is 20.8 Å². The number of benzene rings is 1. The SMILES string of the molecule is CCCOCCNCc1ccc(-c2cc3nccc(Oc4ccc([N+](=O)[O-])cc4F)c3s2)nc1. The molecule has 3 aromatic heterocycles. The molecule has 3 heterocycles. The molecule has 4 rings (SSSR count). The minimum atomic E-state index is -0.807. The number of rotatable bonds is 11. The summed E-state index contributed by atoms with van der Waals surface area (Å²) in [5.74, 6) is -0.484. The molecule has 0 bridgehead atoms. The minimum Gasteiger partial charge on any atom is -0.453 e. The molecule has 1 aromatic carbocycles. The first-order valence-corrected chi connectivity index (χ1v) is 11.6. The molecule has 176 valence electrons. The molecule has 0 aliphatic rings. The van der Waals surface area contributed by atoms with E-state index in [4.69, 9.17) is 9.47 Å². The maximum Gasteiger partial charge on any atom is 0.272 e. The summed E-state index contributed by atoms with van der Waals surface area (Å²) in [6, 6.07) is 10.8. The van der Waals surface area contributed by atoms with Crippen molar-refractivity contribution in [1.82, 2.24) is 15.3 Å². The van der Waals surface area contributed by atoms with E-state index < -0.39 is 10.7 Å². The first-order chi connectivity index (χ1) is 16.5. The van der Waals surface area contributed by atoms with Crippen LogP contribution in [0.15, 0.2) is 54.9 Å². The molecular weight excluding hydrogens is 459 g/mol. The number of hydrogen-bond donors (Lipinski definition) is 1. The average Bonchev–Trinajstić information content (AvgIpc) is 3.28. The van der Waals surface area contributed by atoms with Crippen molar-refractivity contribution in [3.63, 3.8) is 0 Å². The topological polar surface area (TPSA) is 99.4 Å². The van der Waals surface area contributed by atoms with E-state index in [0.717, 1.165) is 46.5 Å². The second-order valence-corrected chi connectivity index (χ2v) is 8.50. The van der Waals surface area contributed by atoms with Crippen molar-refractivity contribution in [3.8, 4) is 22.1 Å². The number of pyridine rings is 2. The van der Waals surface area contributed by atoms with E-state index in [1.807, 2.05) is 24.4 Å². The molecule has 0 amide bonds. The molecule has 0 atom stereocenters. The highest BCUT2D eigenvalue weighted by Crippen LogP contribution is 2.39. The first-order valence-electron chi connectivity index (χ1n) is 10.8. The van der Waals surface area contributed by atoms with E-state index in [1.165, 1.54) is 23.5 Å². The average molecular weight is 483 g/mol. The quantitative estimate of drug-likeness (QED) is 0.166. The summed E-state index contributed by atoms with van der Waals surface area (Å²) in [5, 5.41) is 14.2. The molecule has 0 aliphatic heterocycles. The number of halogens is 1. The highest BCUT2D eigenvalue weighted by Gasteiger charge is 2.16. The van der Waals surface area contributed by atoms with E-state index in [-0.39, 0.29) is 11.4 Å². The summed E-state index contributed by atoms with van der Waals surface area (Å²) < 4.78 is 26.2. The van der Waals surface area contributed by atoms with Crippen molar-refractivity contribution >= 4 is 27.2 Å². The van der Waals surface area contributed by atoms with Gasteiger partial charge in [-0.05, 0) is 30.2 Å². The van der Waals surface area contributed by atoms with Gasteiger partial charge >= 0.3 is 0 Å². The van der Waals surface area contributed by atoms with Crippen LogP contribution in [0, 0.1) is 15.9 Å². The molecule has 0 spiro atoms. The van der Waals surface area contributed by atoms with Gasteiger partial charge in [-0.25, -0.2) is 4.39 Å². The summed E-state index contributed by atoms with van der Waals surface area (Å²) in [5.41, 5.74) is 2.22. The fraction of sp³-hybridized carbons (Fsp3) is 0.250. The molecular formula is C24H23FN4O4S. The van der Waals surface area contributed by atoms with Crippen LogP contribution in [-0.2, 0) is 11.3 Å². The van der Waals surface area contributed by atoms with Gasteiger partial charge in [-0.3, -0.25) is 20.1 Å². The number of nitrogens with zero attached hydrogens (tertiary/aromatic N) is 3. The van der Waals surface area contributed by atoms with Crippen molar-refractivity contribution < 1.29 is 18.8 Å². The first kappa shape index (κ1) is 23.7. The summed E-state index contributed by atoms with van der Waals surface area (Å²) in [6.45, 7) is 5.02. The van der Waals surface area contributed by atoms with Gasteiger partial charge in [0.1, 0.15) is 5.75 Å². The van der Waals surface area contributed by atoms with Gasteiger partial charge in [0.05, 0.1) is 38.4 Å². The van der Waals surface area contributed by atoms with Gasteiger partial charge in [0.25, 0.3) is 5.69 Å². The maximum absolute atomic E-state index is 14.3. The van der Waals surface area contributed by atoms with E-state index in [1.54, 1.807) is 12.3 Å². The highest BCUT2D eigenvalue weighted by molar-refractivity contribution is 7.22. The second-order valence-electron chi connectivity index (χ2n) is 7.45. The monoisotopic (exact) mass is 482 g/mol. The molecule has 8 nitrogen and oxygen atoms in total. The third-order valence-electron chi connectivity index (χ3n) is 4.90. The number of nitrogens with one attached hydrogen (secondary N) is 1. The van der Waals surface area contributed by atoms with Gasteiger partial charge in [0.15, 0.2) is 11.6 Å². The maximum atomic E-state index is 14.3. The Morgan fingerprint density at radius 2 is 2.00 bits per heavy atom. The van der Waals surface area contributed by atoms with Crippen LogP contribution >= 0.6 is 11.3 Å². The van der Waals surface area contributed by atoms with E-state index in [0.29, 0.717) is 24.4 Å². The van der Waals surface area contributed by atoms with Crippen LogP contribution in [0.2, 0.25) is 0 Å². The Labute approximate surface area is 199 Å². The predicted molar refractivity (Wildman–Crippen MR) is 129 cm³/mol. The third-order valence-corrected chi connectivity index (χ3v) is 6.06. The molecule has 0 fully saturated rings. The second kappa shape index (κ2) is 11.1. The lowest BCUT2D eigenvalue weighted by molar-refractivity contribution is -0.385. The molecule has 1 N–H and O–H groups in total. The van der Waals surface area contributed by atoms with Crippen LogP contribution in [0.1, 0.15) is 18.9 Å². The van der Waals surface area contributed by atoms with Crippen molar-refractivity contribution in [2.75, 3.05) is 19.8 Å². The summed E-state index contributed by atoms with van der Waals surface area (Å²) in [7, 11) is 0. The van der Waals surface area contributed by atoms with E-state index >= 15 is 0 Å². The van der Waals surface area contributed by atoms with E-state index in [9.17, 15) is 14.5 Å². The molecule has 0 saturated heterocycles. The molecule has 4 aromatic rings. The molecule has 10 heteroatoms. The third kappa shape index (κ3) is 5.71. The number of fused-ring (bicyclic) bond motifs is 1. The fourth-order valence-electron chi connectivity index (χ4n) is 3.22. The largest absolute Gasteiger partial charge is 0.453 e. The van der Waals surface area contributed by atoms with Gasteiger partial charge < -0.3 is 14.8 Å². The Hall–Kier alpha value is -3.47. The molecule has 34 heavy (non-hydrogen) atoms. The lowest BCUT2D eigenvalue weighted by Gasteiger charge is -2.07. The molecule has 0 aliphatic carbocycles. The van der Waals surface area contributed by atoms with Crippen LogP contribution in [0.4, 0.5) is 10.1 Å². The van der Waals surface area contributed by atoms with Crippen molar-refractivity contribution in [2.45, 2.75) is 19.9 Å². The van der Waals surface area contributed by atoms with Crippen molar-refractivity contribution in [3.05, 3.63) is 76.4 Å². The zero-order chi connectivity index (χ0) is 23.9. The Kier molecular flexibility index (Phi) is 7.73. The van der Waals surface area contributed by atoms with E-state index in [2.05, 4.69) is 22.2 Å². The predicted octanol–water partition coefficient (Wildman–Crippen LogP) is 5.71. The number of hydrogen-bond acceptors (Lipinski definition) is 8. The summed E-state index contributed by atoms with van der Waals surface area (Å²) in [6.07, 6.45) is 4.42. The zero-order valence-electron chi connectivity index (χ0n) is 18.5. The van der Waals surface area contributed by atoms with Crippen LogP contribution in [-0.4, -0.2) is 34.6 Å². The van der Waals surface area contributed by atoms with Crippen LogP contribution in [0.5, 0.6) is 11.5 Å². The fourth-order valence-corrected chi connectivity index (χ4v) is 4.27. The molecule has 0 radical (unpaired) electrons.